The Morgan fingerprint density at radius 3 is 2.48 bits per heavy atom. The molecule has 0 bridgehead atoms. The SMILES string of the molecule is CN(C)c1ccc(C=CC2=NC(=Cc3ccc4ccccc4c3Br)C(=O)O2)cc1. The highest BCUT2D eigenvalue weighted by atomic mass is 79.9. The number of esters is 1. The molecular formula is C24H19BrN2O2. The molecule has 4 rings (SSSR count). The Bertz CT molecular complexity index is 1180. The number of rotatable bonds is 4. The molecule has 1 aliphatic rings. The van der Waals surface area contributed by atoms with E-state index in [0.29, 0.717) is 0 Å². The van der Waals surface area contributed by atoms with Crippen molar-refractivity contribution in [1.82, 2.24) is 0 Å². The minimum absolute atomic E-state index is 0.281. The van der Waals surface area contributed by atoms with E-state index in [4.69, 9.17) is 4.74 Å². The summed E-state index contributed by atoms with van der Waals surface area (Å²) < 4.78 is 6.22. The maximum Gasteiger partial charge on any atom is 0.363 e. The number of aliphatic imine (C=N–C) groups is 1. The number of carbonyl (C=O) groups is 1. The van der Waals surface area contributed by atoms with Gasteiger partial charge in [0.1, 0.15) is 0 Å². The van der Waals surface area contributed by atoms with Crippen molar-refractivity contribution in [3.8, 4) is 0 Å². The summed E-state index contributed by atoms with van der Waals surface area (Å²) in [6.45, 7) is 0. The van der Waals surface area contributed by atoms with E-state index in [-0.39, 0.29) is 11.6 Å². The molecule has 4 nitrogen and oxygen atoms in total. The van der Waals surface area contributed by atoms with Gasteiger partial charge in [0.05, 0.1) is 0 Å². The molecule has 0 unspecified atom stereocenters. The normalized spacial score (nSPS) is 15.2. The molecule has 144 valence electrons. The number of hydrogen-bond donors (Lipinski definition) is 0. The first-order valence-electron chi connectivity index (χ1n) is 9.16. The van der Waals surface area contributed by atoms with Crippen molar-refractivity contribution >= 4 is 56.4 Å². The largest absolute Gasteiger partial charge is 0.403 e. The van der Waals surface area contributed by atoms with Crippen LogP contribution in [0.1, 0.15) is 11.1 Å². The van der Waals surface area contributed by atoms with Crippen molar-refractivity contribution in [3.05, 3.63) is 88.0 Å². The summed E-state index contributed by atoms with van der Waals surface area (Å²) in [6.07, 6.45) is 5.32. The smallest absolute Gasteiger partial charge is 0.363 e. The Kier molecular flexibility index (Phi) is 5.32. The maximum absolute atomic E-state index is 12.2. The average Bonchev–Trinajstić information content (AvgIpc) is 3.08. The van der Waals surface area contributed by atoms with Gasteiger partial charge in [0, 0.05) is 30.3 Å². The number of ether oxygens (including phenoxy) is 1. The van der Waals surface area contributed by atoms with Gasteiger partial charge in [0.15, 0.2) is 5.70 Å². The van der Waals surface area contributed by atoms with Crippen molar-refractivity contribution in [2.45, 2.75) is 0 Å². The summed E-state index contributed by atoms with van der Waals surface area (Å²) in [6, 6.07) is 20.1. The molecule has 0 N–H and O–H groups in total. The predicted molar refractivity (Wildman–Crippen MR) is 123 cm³/mol. The first kappa shape index (κ1) is 19.2. The Labute approximate surface area is 178 Å². The van der Waals surface area contributed by atoms with Gasteiger partial charge < -0.3 is 9.64 Å². The number of nitrogens with zero attached hydrogens (tertiary/aromatic N) is 2. The van der Waals surface area contributed by atoms with Crippen molar-refractivity contribution in [3.63, 3.8) is 0 Å². The summed E-state index contributed by atoms with van der Waals surface area (Å²) >= 11 is 3.64. The number of anilines is 1. The fourth-order valence-corrected chi connectivity index (χ4v) is 3.66. The zero-order chi connectivity index (χ0) is 20.4. The molecule has 3 aromatic carbocycles. The molecule has 3 aromatic rings. The van der Waals surface area contributed by atoms with Crippen molar-refractivity contribution in [1.29, 1.82) is 0 Å². The molecule has 0 aliphatic carbocycles. The Balaban J connectivity index is 1.58. The number of hydrogen-bond acceptors (Lipinski definition) is 4. The van der Waals surface area contributed by atoms with Gasteiger partial charge in [-0.15, -0.1) is 0 Å². The van der Waals surface area contributed by atoms with E-state index in [1.807, 2.05) is 85.7 Å². The van der Waals surface area contributed by atoms with Crippen LogP contribution in [-0.4, -0.2) is 26.0 Å². The van der Waals surface area contributed by atoms with Crippen molar-refractivity contribution < 1.29 is 9.53 Å². The van der Waals surface area contributed by atoms with Gasteiger partial charge in [0.2, 0.25) is 5.90 Å². The molecule has 0 radical (unpaired) electrons. The van der Waals surface area contributed by atoms with Gasteiger partial charge in [-0.05, 0) is 62.1 Å². The fourth-order valence-electron chi connectivity index (χ4n) is 3.06. The van der Waals surface area contributed by atoms with Gasteiger partial charge in [0.25, 0.3) is 0 Å². The Morgan fingerprint density at radius 2 is 1.72 bits per heavy atom. The fraction of sp³-hybridized carbons (Fsp3) is 0.0833. The van der Waals surface area contributed by atoms with E-state index in [0.717, 1.165) is 32.1 Å². The Hall–Kier alpha value is -3.18. The molecule has 0 fully saturated rings. The quantitative estimate of drug-likeness (QED) is 0.382. The zero-order valence-corrected chi connectivity index (χ0v) is 17.7. The number of benzene rings is 3. The topological polar surface area (TPSA) is 41.9 Å². The van der Waals surface area contributed by atoms with Gasteiger partial charge in [-0.1, -0.05) is 48.5 Å². The third-order valence-corrected chi connectivity index (χ3v) is 5.54. The van der Waals surface area contributed by atoms with Crippen LogP contribution in [-0.2, 0) is 9.53 Å². The van der Waals surface area contributed by atoms with Crippen LogP contribution >= 0.6 is 15.9 Å². The van der Waals surface area contributed by atoms with Gasteiger partial charge in [-0.3, -0.25) is 0 Å². The van der Waals surface area contributed by atoms with E-state index in [1.54, 1.807) is 12.2 Å². The highest BCUT2D eigenvalue weighted by Gasteiger charge is 2.21. The molecule has 1 heterocycles. The zero-order valence-electron chi connectivity index (χ0n) is 16.1. The molecule has 0 aromatic heterocycles. The predicted octanol–water partition coefficient (Wildman–Crippen LogP) is 5.68. The summed E-state index contributed by atoms with van der Waals surface area (Å²) in [4.78, 5) is 18.6. The first-order chi connectivity index (χ1) is 14.0. The van der Waals surface area contributed by atoms with E-state index in [2.05, 4.69) is 20.9 Å². The van der Waals surface area contributed by atoms with E-state index in [9.17, 15) is 4.79 Å². The highest BCUT2D eigenvalue weighted by Crippen LogP contribution is 2.30. The summed E-state index contributed by atoms with van der Waals surface area (Å²) in [5.74, 6) is -0.164. The van der Waals surface area contributed by atoms with Crippen LogP contribution in [0.4, 0.5) is 5.69 Å². The van der Waals surface area contributed by atoms with Crippen LogP contribution in [0.5, 0.6) is 0 Å². The molecule has 0 atom stereocenters. The van der Waals surface area contributed by atoms with Crippen LogP contribution in [0.2, 0.25) is 0 Å². The van der Waals surface area contributed by atoms with Crippen LogP contribution in [0, 0.1) is 0 Å². The Morgan fingerprint density at radius 1 is 0.966 bits per heavy atom. The van der Waals surface area contributed by atoms with Crippen LogP contribution in [0.3, 0.4) is 0 Å². The van der Waals surface area contributed by atoms with Crippen molar-refractivity contribution in [2.24, 2.45) is 4.99 Å². The second-order valence-electron chi connectivity index (χ2n) is 6.88. The van der Waals surface area contributed by atoms with Crippen LogP contribution in [0.15, 0.2) is 81.9 Å². The van der Waals surface area contributed by atoms with E-state index in [1.165, 1.54) is 0 Å². The second kappa shape index (κ2) is 8.05. The molecule has 0 saturated carbocycles. The molecule has 1 aliphatic heterocycles. The van der Waals surface area contributed by atoms with Gasteiger partial charge >= 0.3 is 5.97 Å². The monoisotopic (exact) mass is 446 g/mol. The third kappa shape index (κ3) is 4.15. The summed E-state index contributed by atoms with van der Waals surface area (Å²) in [7, 11) is 4.00. The molecule has 5 heteroatoms. The lowest BCUT2D eigenvalue weighted by atomic mass is 10.1. The number of fused-ring (bicyclic) bond motifs is 1. The second-order valence-corrected chi connectivity index (χ2v) is 7.67. The van der Waals surface area contributed by atoms with Gasteiger partial charge in [-0.25, -0.2) is 9.79 Å². The third-order valence-electron chi connectivity index (χ3n) is 4.65. The number of carbonyl (C=O) groups excluding carboxylic acids is 1. The summed E-state index contributed by atoms with van der Waals surface area (Å²) in [5.41, 5.74) is 3.29. The first-order valence-corrected chi connectivity index (χ1v) is 9.96. The number of cyclic esters (lactones) is 1. The molecule has 29 heavy (non-hydrogen) atoms. The average molecular weight is 447 g/mol. The minimum atomic E-state index is -0.451. The van der Waals surface area contributed by atoms with Crippen LogP contribution in [0.25, 0.3) is 22.9 Å². The van der Waals surface area contributed by atoms with E-state index >= 15 is 0 Å². The highest BCUT2D eigenvalue weighted by molar-refractivity contribution is 9.10. The van der Waals surface area contributed by atoms with E-state index < -0.39 is 5.97 Å². The summed E-state index contributed by atoms with van der Waals surface area (Å²) in [5, 5.41) is 2.21. The maximum atomic E-state index is 12.2. The molecule has 0 amide bonds. The molecule has 0 saturated heterocycles. The van der Waals surface area contributed by atoms with Crippen molar-refractivity contribution in [2.75, 3.05) is 19.0 Å². The molecular weight excluding hydrogens is 428 g/mol. The van der Waals surface area contributed by atoms with Crippen LogP contribution < -0.4 is 4.90 Å². The lowest BCUT2D eigenvalue weighted by Crippen LogP contribution is -2.07. The lowest BCUT2D eigenvalue weighted by Gasteiger charge is -2.11. The molecule has 0 spiro atoms. The standard InChI is InChI=1S/C24H19BrN2O2/c1-27(2)19-12-7-16(8-13-19)9-14-22-26-21(24(28)29-22)15-18-11-10-17-5-3-4-6-20(17)23(18)25/h3-15H,1-2H3. The minimum Gasteiger partial charge on any atom is -0.403 e. The number of halogens is 1. The lowest BCUT2D eigenvalue weighted by molar-refractivity contribution is -0.129. The van der Waals surface area contributed by atoms with Gasteiger partial charge in [-0.2, -0.15) is 0 Å².